The molecule has 2 unspecified atom stereocenters. The summed E-state index contributed by atoms with van der Waals surface area (Å²) < 4.78 is 0. The molecule has 94 valence electrons. The van der Waals surface area contributed by atoms with E-state index in [2.05, 4.69) is 27.9 Å². The van der Waals surface area contributed by atoms with Crippen LogP contribution in [0, 0.1) is 18.8 Å². The van der Waals surface area contributed by atoms with Crippen LogP contribution in [0.1, 0.15) is 17.6 Å². The topological polar surface area (TPSA) is 54.0 Å². The third-order valence-electron chi connectivity index (χ3n) is 3.20. The number of hydrogen-bond acceptors (Lipinski definition) is 4. The van der Waals surface area contributed by atoms with Gasteiger partial charge in [-0.25, -0.2) is 4.98 Å². The Morgan fingerprint density at radius 2 is 2.47 bits per heavy atom. The van der Waals surface area contributed by atoms with Gasteiger partial charge in [-0.3, -0.25) is 4.79 Å². The summed E-state index contributed by atoms with van der Waals surface area (Å²) in [5.41, 5.74) is 1.07. The van der Waals surface area contributed by atoms with Crippen LogP contribution in [0.15, 0.2) is 5.38 Å². The number of aryl methyl sites for hydroxylation is 1. The van der Waals surface area contributed by atoms with Crippen LogP contribution in [0.3, 0.4) is 0 Å². The number of carbonyl (C=O) groups is 1. The molecule has 0 spiro atoms. The Morgan fingerprint density at radius 1 is 1.65 bits per heavy atom. The van der Waals surface area contributed by atoms with Gasteiger partial charge < -0.3 is 10.6 Å². The summed E-state index contributed by atoms with van der Waals surface area (Å²) in [5, 5.41) is 9.38. The Kier molecular flexibility index (Phi) is 4.12. The fraction of sp³-hybridized carbons (Fsp3) is 0.667. The molecule has 5 heteroatoms. The molecule has 1 aliphatic rings. The predicted octanol–water partition coefficient (Wildman–Crippen LogP) is 0.966. The maximum atomic E-state index is 11.9. The van der Waals surface area contributed by atoms with E-state index in [-0.39, 0.29) is 11.8 Å². The molecule has 1 aromatic heterocycles. The lowest BCUT2D eigenvalue weighted by atomic mass is 9.97. The van der Waals surface area contributed by atoms with Crippen molar-refractivity contribution in [2.24, 2.45) is 11.8 Å². The average molecular weight is 253 g/mol. The Bertz CT molecular complexity index is 391. The molecular formula is C12H19N3OS. The quantitative estimate of drug-likeness (QED) is 0.840. The number of hydrogen-bond donors (Lipinski definition) is 2. The van der Waals surface area contributed by atoms with Crippen molar-refractivity contribution in [3.63, 3.8) is 0 Å². The lowest BCUT2D eigenvalue weighted by Gasteiger charge is -2.13. The number of nitrogens with one attached hydrogen (secondary N) is 2. The maximum Gasteiger partial charge on any atom is 0.224 e. The van der Waals surface area contributed by atoms with Crippen molar-refractivity contribution in [3.05, 3.63) is 16.1 Å². The van der Waals surface area contributed by atoms with Crippen molar-refractivity contribution in [2.75, 3.05) is 19.6 Å². The second-order valence-electron chi connectivity index (χ2n) is 4.64. The highest BCUT2D eigenvalue weighted by atomic mass is 32.1. The summed E-state index contributed by atoms with van der Waals surface area (Å²) >= 11 is 1.66. The zero-order valence-corrected chi connectivity index (χ0v) is 11.1. The number of nitrogens with zero attached hydrogens (tertiary/aromatic N) is 1. The van der Waals surface area contributed by atoms with Crippen molar-refractivity contribution >= 4 is 17.2 Å². The molecule has 1 saturated heterocycles. The fourth-order valence-corrected chi connectivity index (χ4v) is 2.78. The summed E-state index contributed by atoms with van der Waals surface area (Å²) in [6.45, 7) is 6.56. The van der Waals surface area contributed by atoms with E-state index < -0.39 is 0 Å². The lowest BCUT2D eigenvalue weighted by molar-refractivity contribution is -0.125. The molecule has 2 N–H and O–H groups in total. The zero-order valence-electron chi connectivity index (χ0n) is 10.3. The molecule has 4 nitrogen and oxygen atoms in total. The Labute approximate surface area is 106 Å². The summed E-state index contributed by atoms with van der Waals surface area (Å²) in [6, 6.07) is 0. The molecule has 0 radical (unpaired) electrons. The van der Waals surface area contributed by atoms with Crippen LogP contribution in [-0.2, 0) is 11.2 Å². The highest BCUT2D eigenvalue weighted by Gasteiger charge is 2.28. The Morgan fingerprint density at radius 3 is 3.06 bits per heavy atom. The van der Waals surface area contributed by atoms with Gasteiger partial charge in [-0.2, -0.15) is 0 Å². The normalized spacial score (nSPS) is 23.9. The first-order valence-corrected chi connectivity index (χ1v) is 6.94. The van der Waals surface area contributed by atoms with Crippen molar-refractivity contribution < 1.29 is 4.79 Å². The van der Waals surface area contributed by atoms with E-state index in [0.29, 0.717) is 12.5 Å². The third kappa shape index (κ3) is 3.26. The summed E-state index contributed by atoms with van der Waals surface area (Å²) in [4.78, 5) is 16.3. The van der Waals surface area contributed by atoms with Crippen molar-refractivity contribution in [1.82, 2.24) is 15.6 Å². The average Bonchev–Trinajstić information content (AvgIpc) is 2.87. The molecule has 17 heavy (non-hydrogen) atoms. The van der Waals surface area contributed by atoms with Crippen molar-refractivity contribution in [2.45, 2.75) is 20.3 Å². The predicted molar refractivity (Wildman–Crippen MR) is 69.1 cm³/mol. The number of aromatic nitrogens is 1. The van der Waals surface area contributed by atoms with Crippen LogP contribution >= 0.6 is 11.3 Å². The standard InChI is InChI=1S/C12H19N3OS/c1-8-5-13-6-11(8)12(16)14-4-3-10-7-17-9(2)15-10/h7-8,11,13H,3-6H2,1-2H3,(H,14,16). The second kappa shape index (κ2) is 5.60. The minimum atomic E-state index is 0.132. The molecule has 0 saturated carbocycles. The van der Waals surface area contributed by atoms with E-state index in [4.69, 9.17) is 0 Å². The SMILES string of the molecule is Cc1nc(CCNC(=O)C2CNCC2C)cs1. The van der Waals surface area contributed by atoms with Gasteiger partial charge in [-0.1, -0.05) is 6.92 Å². The zero-order chi connectivity index (χ0) is 12.3. The highest BCUT2D eigenvalue weighted by Crippen LogP contribution is 2.15. The molecule has 2 heterocycles. The summed E-state index contributed by atoms with van der Waals surface area (Å²) in [6.07, 6.45) is 0.824. The van der Waals surface area contributed by atoms with Crippen LogP contribution in [0.5, 0.6) is 0 Å². The highest BCUT2D eigenvalue weighted by molar-refractivity contribution is 7.09. The van der Waals surface area contributed by atoms with Crippen molar-refractivity contribution in [1.29, 1.82) is 0 Å². The summed E-state index contributed by atoms with van der Waals surface area (Å²) in [5.74, 6) is 0.748. The number of rotatable bonds is 4. The van der Waals surface area contributed by atoms with Gasteiger partial charge in [0.25, 0.3) is 0 Å². The van der Waals surface area contributed by atoms with Crippen LogP contribution < -0.4 is 10.6 Å². The molecule has 0 bridgehead atoms. The first kappa shape index (κ1) is 12.5. The first-order valence-electron chi connectivity index (χ1n) is 6.06. The molecule has 1 amide bonds. The Balaban J connectivity index is 1.73. The van der Waals surface area contributed by atoms with Crippen molar-refractivity contribution in [3.8, 4) is 0 Å². The molecule has 0 aromatic carbocycles. The molecule has 2 rings (SSSR count). The monoisotopic (exact) mass is 253 g/mol. The van der Waals surface area contributed by atoms with Gasteiger partial charge in [-0.05, 0) is 19.4 Å². The molecule has 1 aromatic rings. The van der Waals surface area contributed by atoms with Gasteiger partial charge >= 0.3 is 0 Å². The summed E-state index contributed by atoms with van der Waals surface area (Å²) in [7, 11) is 0. The molecular weight excluding hydrogens is 234 g/mol. The van der Waals surface area contributed by atoms with E-state index in [0.717, 1.165) is 30.2 Å². The van der Waals surface area contributed by atoms with E-state index in [1.807, 2.05) is 6.92 Å². The van der Waals surface area contributed by atoms with Crippen LogP contribution in [0.4, 0.5) is 0 Å². The van der Waals surface area contributed by atoms with Gasteiger partial charge in [-0.15, -0.1) is 11.3 Å². The fourth-order valence-electron chi connectivity index (χ4n) is 2.13. The van der Waals surface area contributed by atoms with Gasteiger partial charge in [0.05, 0.1) is 16.6 Å². The minimum Gasteiger partial charge on any atom is -0.355 e. The maximum absolute atomic E-state index is 11.9. The number of thiazole rings is 1. The van der Waals surface area contributed by atoms with Crippen LogP contribution in [-0.4, -0.2) is 30.5 Å². The molecule has 1 aliphatic heterocycles. The van der Waals surface area contributed by atoms with Crippen LogP contribution in [0.2, 0.25) is 0 Å². The number of amides is 1. The molecule has 0 aliphatic carbocycles. The van der Waals surface area contributed by atoms with Gasteiger partial charge in [0.2, 0.25) is 5.91 Å². The van der Waals surface area contributed by atoms with E-state index in [1.165, 1.54) is 0 Å². The van der Waals surface area contributed by atoms with Gasteiger partial charge in [0, 0.05) is 24.9 Å². The van der Waals surface area contributed by atoms with E-state index >= 15 is 0 Å². The van der Waals surface area contributed by atoms with Gasteiger partial charge in [0.1, 0.15) is 0 Å². The Hall–Kier alpha value is -0.940. The smallest absolute Gasteiger partial charge is 0.224 e. The van der Waals surface area contributed by atoms with E-state index in [1.54, 1.807) is 11.3 Å². The first-order chi connectivity index (χ1) is 8.16. The minimum absolute atomic E-state index is 0.132. The third-order valence-corrected chi connectivity index (χ3v) is 4.02. The largest absolute Gasteiger partial charge is 0.355 e. The molecule has 2 atom stereocenters. The molecule has 1 fully saturated rings. The lowest BCUT2D eigenvalue weighted by Crippen LogP contribution is -2.35. The second-order valence-corrected chi connectivity index (χ2v) is 5.70. The number of carbonyl (C=O) groups excluding carboxylic acids is 1. The van der Waals surface area contributed by atoms with E-state index in [9.17, 15) is 4.79 Å². The van der Waals surface area contributed by atoms with Crippen LogP contribution in [0.25, 0.3) is 0 Å². The van der Waals surface area contributed by atoms with Gasteiger partial charge in [0.15, 0.2) is 0 Å².